The molecule has 0 aromatic rings. The smallest absolute Gasteiger partial charge is 0.233 e. The molecule has 1 rings (SSSR count). The molecule has 0 N–H and O–H groups in total. The van der Waals surface area contributed by atoms with Crippen LogP contribution in [0, 0.1) is 5.41 Å². The van der Waals surface area contributed by atoms with Crippen LogP contribution >= 0.6 is 10.7 Å². The van der Waals surface area contributed by atoms with E-state index in [0.29, 0.717) is 45.9 Å². The van der Waals surface area contributed by atoms with E-state index in [1.807, 2.05) is 0 Å². The monoisotopic (exact) mass is 328 g/mol. The summed E-state index contributed by atoms with van der Waals surface area (Å²) in [5, 5.41) is 0. The average molecular weight is 329 g/mol. The Morgan fingerprint density at radius 3 is 2.40 bits per heavy atom. The van der Waals surface area contributed by atoms with Crippen LogP contribution in [0.5, 0.6) is 0 Å². The molecule has 1 saturated heterocycles. The van der Waals surface area contributed by atoms with Crippen LogP contribution in [0.2, 0.25) is 0 Å². The van der Waals surface area contributed by atoms with Crippen LogP contribution in [0.3, 0.4) is 0 Å². The van der Waals surface area contributed by atoms with Gasteiger partial charge in [-0.3, -0.25) is 0 Å². The van der Waals surface area contributed by atoms with Gasteiger partial charge in [0.25, 0.3) is 0 Å². The van der Waals surface area contributed by atoms with Gasteiger partial charge in [-0.05, 0) is 19.3 Å². The summed E-state index contributed by atoms with van der Waals surface area (Å²) in [5.74, 6) is -0.0540. The molecule has 0 amide bonds. The standard InChI is InChI=1S/C13H25ClO5S/c1-2-3-6-17-9-10-19-11-13(12-20(14,15)16)4-7-18-8-5-13/h2-12H2,1H3. The number of hydrogen-bond acceptors (Lipinski definition) is 5. The van der Waals surface area contributed by atoms with Crippen molar-refractivity contribution >= 4 is 19.7 Å². The normalized spacial score (nSPS) is 19.1. The summed E-state index contributed by atoms with van der Waals surface area (Å²) < 4.78 is 39.0. The van der Waals surface area contributed by atoms with E-state index in [2.05, 4.69) is 6.92 Å². The number of ether oxygens (including phenoxy) is 3. The van der Waals surface area contributed by atoms with Crippen molar-refractivity contribution in [3.05, 3.63) is 0 Å². The summed E-state index contributed by atoms with van der Waals surface area (Å²) >= 11 is 0. The molecule has 5 nitrogen and oxygen atoms in total. The van der Waals surface area contributed by atoms with E-state index in [-0.39, 0.29) is 5.75 Å². The average Bonchev–Trinajstić information content (AvgIpc) is 2.37. The number of halogens is 1. The fourth-order valence-electron chi connectivity index (χ4n) is 2.26. The van der Waals surface area contributed by atoms with Gasteiger partial charge in [-0.15, -0.1) is 0 Å². The third-order valence-electron chi connectivity index (χ3n) is 3.45. The lowest BCUT2D eigenvalue weighted by molar-refractivity contribution is -0.0400. The summed E-state index contributed by atoms with van der Waals surface area (Å²) in [6.45, 7) is 5.39. The largest absolute Gasteiger partial charge is 0.381 e. The minimum Gasteiger partial charge on any atom is -0.381 e. The first-order chi connectivity index (χ1) is 9.47. The highest BCUT2D eigenvalue weighted by atomic mass is 35.7. The molecule has 1 aliphatic heterocycles. The molecular weight excluding hydrogens is 304 g/mol. The highest BCUT2D eigenvalue weighted by Gasteiger charge is 2.37. The maximum absolute atomic E-state index is 11.4. The van der Waals surface area contributed by atoms with Gasteiger partial charge < -0.3 is 14.2 Å². The van der Waals surface area contributed by atoms with Crippen LogP contribution < -0.4 is 0 Å². The molecule has 1 fully saturated rings. The van der Waals surface area contributed by atoms with Gasteiger partial charge in [0.1, 0.15) is 0 Å². The summed E-state index contributed by atoms with van der Waals surface area (Å²) in [6, 6.07) is 0. The molecule has 120 valence electrons. The zero-order chi connectivity index (χ0) is 14.9. The Morgan fingerprint density at radius 2 is 1.80 bits per heavy atom. The Hall–Kier alpha value is 0.120. The van der Waals surface area contributed by atoms with Crippen molar-refractivity contribution in [3.8, 4) is 0 Å². The minimum atomic E-state index is -3.53. The molecule has 0 aliphatic carbocycles. The van der Waals surface area contributed by atoms with Crippen LogP contribution in [0.4, 0.5) is 0 Å². The van der Waals surface area contributed by atoms with Crippen molar-refractivity contribution in [3.63, 3.8) is 0 Å². The summed E-state index contributed by atoms with van der Waals surface area (Å²) in [4.78, 5) is 0. The van der Waals surface area contributed by atoms with Crippen molar-refractivity contribution in [2.75, 3.05) is 45.4 Å². The molecule has 0 unspecified atom stereocenters. The highest BCUT2D eigenvalue weighted by Crippen LogP contribution is 2.33. The molecule has 0 atom stereocenters. The number of rotatable bonds is 10. The Morgan fingerprint density at radius 1 is 1.15 bits per heavy atom. The van der Waals surface area contributed by atoms with E-state index in [4.69, 9.17) is 24.9 Å². The quantitative estimate of drug-likeness (QED) is 0.454. The number of unbranched alkanes of at least 4 members (excludes halogenated alkanes) is 1. The zero-order valence-electron chi connectivity index (χ0n) is 12.1. The second-order valence-corrected chi connectivity index (χ2v) is 8.09. The van der Waals surface area contributed by atoms with Gasteiger partial charge in [-0.25, -0.2) is 8.42 Å². The van der Waals surface area contributed by atoms with Crippen LogP contribution in [0.25, 0.3) is 0 Å². The minimum absolute atomic E-state index is 0.0540. The molecule has 0 radical (unpaired) electrons. The number of hydrogen-bond donors (Lipinski definition) is 0. The molecule has 1 heterocycles. The van der Waals surface area contributed by atoms with Crippen LogP contribution in [0.15, 0.2) is 0 Å². The van der Waals surface area contributed by atoms with Crippen LogP contribution in [-0.4, -0.2) is 53.8 Å². The van der Waals surface area contributed by atoms with Gasteiger partial charge in [-0.1, -0.05) is 13.3 Å². The van der Waals surface area contributed by atoms with Crippen LogP contribution in [0.1, 0.15) is 32.6 Å². The zero-order valence-corrected chi connectivity index (χ0v) is 13.7. The van der Waals surface area contributed by atoms with E-state index in [0.717, 1.165) is 19.4 Å². The van der Waals surface area contributed by atoms with E-state index >= 15 is 0 Å². The van der Waals surface area contributed by atoms with Crippen molar-refractivity contribution in [2.45, 2.75) is 32.6 Å². The van der Waals surface area contributed by atoms with Crippen molar-refractivity contribution in [1.29, 1.82) is 0 Å². The maximum Gasteiger partial charge on any atom is 0.233 e. The van der Waals surface area contributed by atoms with Gasteiger partial charge in [0.15, 0.2) is 0 Å². The second kappa shape index (κ2) is 9.20. The maximum atomic E-state index is 11.4. The molecule has 0 saturated carbocycles. The van der Waals surface area contributed by atoms with Gasteiger partial charge in [-0.2, -0.15) is 0 Å². The molecule has 0 aromatic carbocycles. The fourth-order valence-corrected chi connectivity index (χ4v) is 4.05. The molecule has 0 aromatic heterocycles. The predicted octanol–water partition coefficient (Wildman–Crippen LogP) is 2.19. The van der Waals surface area contributed by atoms with Crippen molar-refractivity contribution in [1.82, 2.24) is 0 Å². The second-order valence-electron chi connectivity index (χ2n) is 5.31. The lowest BCUT2D eigenvalue weighted by atomic mass is 9.83. The van der Waals surface area contributed by atoms with E-state index < -0.39 is 14.5 Å². The molecular formula is C13H25ClO5S. The highest BCUT2D eigenvalue weighted by molar-refractivity contribution is 8.13. The van der Waals surface area contributed by atoms with Crippen molar-refractivity contribution < 1.29 is 22.6 Å². The SMILES string of the molecule is CCCCOCCOCC1(CS(=O)(=O)Cl)CCOCC1. The Kier molecular flexibility index (Phi) is 8.36. The van der Waals surface area contributed by atoms with E-state index in [1.54, 1.807) is 0 Å². The first kappa shape index (κ1) is 18.2. The molecule has 1 aliphatic rings. The summed E-state index contributed by atoms with van der Waals surface area (Å²) in [6.07, 6.45) is 3.48. The predicted molar refractivity (Wildman–Crippen MR) is 78.7 cm³/mol. The van der Waals surface area contributed by atoms with Gasteiger partial charge in [0, 0.05) is 35.9 Å². The Balaban J connectivity index is 2.30. The first-order valence-electron chi connectivity index (χ1n) is 7.13. The van der Waals surface area contributed by atoms with E-state index in [9.17, 15) is 8.42 Å². The Labute approximate surface area is 126 Å². The lowest BCUT2D eigenvalue weighted by Gasteiger charge is -2.35. The van der Waals surface area contributed by atoms with Crippen molar-refractivity contribution in [2.24, 2.45) is 5.41 Å². The molecule has 0 bridgehead atoms. The molecule has 7 heteroatoms. The first-order valence-corrected chi connectivity index (χ1v) is 9.61. The van der Waals surface area contributed by atoms with Gasteiger partial charge in [0.05, 0.1) is 25.6 Å². The lowest BCUT2D eigenvalue weighted by Crippen LogP contribution is -2.39. The Bertz CT molecular complexity index is 352. The van der Waals surface area contributed by atoms with E-state index in [1.165, 1.54) is 0 Å². The topological polar surface area (TPSA) is 61.8 Å². The summed E-state index contributed by atoms with van der Waals surface area (Å²) in [5.41, 5.74) is -0.414. The van der Waals surface area contributed by atoms with Gasteiger partial charge >= 0.3 is 0 Å². The molecule has 0 spiro atoms. The third-order valence-corrected chi connectivity index (χ3v) is 4.74. The summed E-state index contributed by atoms with van der Waals surface area (Å²) in [7, 11) is 1.87. The van der Waals surface area contributed by atoms with Gasteiger partial charge in [0.2, 0.25) is 9.05 Å². The fraction of sp³-hybridized carbons (Fsp3) is 1.00. The van der Waals surface area contributed by atoms with Crippen LogP contribution in [-0.2, 0) is 23.3 Å². The third kappa shape index (κ3) is 7.78. The molecule has 20 heavy (non-hydrogen) atoms.